The van der Waals surface area contributed by atoms with Crippen molar-refractivity contribution in [2.45, 2.75) is 44.4 Å². The number of nitrogens with one attached hydrogen (secondary N) is 1. The maximum absolute atomic E-state index is 9.49. The van der Waals surface area contributed by atoms with Crippen LogP contribution in [-0.4, -0.2) is 22.2 Å². The van der Waals surface area contributed by atoms with Gasteiger partial charge in [-0.2, -0.15) is 0 Å². The Labute approximate surface area is 88.2 Å². The van der Waals surface area contributed by atoms with Crippen LogP contribution in [0.5, 0.6) is 0 Å². The number of aliphatic hydroxyl groups excluding tert-OH is 1. The summed E-state index contributed by atoms with van der Waals surface area (Å²) in [6.07, 6.45) is 6.01. The van der Waals surface area contributed by atoms with Crippen LogP contribution in [-0.2, 0) is 6.54 Å². The quantitative estimate of drug-likeness (QED) is 0.799. The van der Waals surface area contributed by atoms with Crippen molar-refractivity contribution >= 4 is 11.3 Å². The third-order valence-electron chi connectivity index (χ3n) is 2.69. The topological polar surface area (TPSA) is 45.1 Å². The fourth-order valence-electron chi connectivity index (χ4n) is 1.92. The number of rotatable bonds is 3. The lowest BCUT2D eigenvalue weighted by Gasteiger charge is -2.26. The number of aromatic nitrogens is 1. The number of hydrogen-bond acceptors (Lipinski definition) is 4. The molecule has 1 aliphatic rings. The highest BCUT2D eigenvalue weighted by Crippen LogP contribution is 2.18. The van der Waals surface area contributed by atoms with Crippen molar-refractivity contribution < 1.29 is 5.11 Å². The van der Waals surface area contributed by atoms with Crippen molar-refractivity contribution in [3.05, 3.63) is 16.6 Å². The number of nitrogens with zero attached hydrogens (tertiary/aromatic N) is 1. The van der Waals surface area contributed by atoms with E-state index in [-0.39, 0.29) is 6.10 Å². The molecule has 1 heterocycles. The van der Waals surface area contributed by atoms with Crippen LogP contribution in [0.15, 0.2) is 11.7 Å². The minimum atomic E-state index is -0.0947. The zero-order chi connectivity index (χ0) is 9.80. The van der Waals surface area contributed by atoms with Gasteiger partial charge in [0, 0.05) is 23.7 Å². The molecule has 0 radical (unpaired) electrons. The van der Waals surface area contributed by atoms with Gasteiger partial charge in [-0.05, 0) is 25.7 Å². The number of thiazole rings is 1. The molecular formula is C10H16N2OS. The molecular weight excluding hydrogens is 196 g/mol. The molecule has 2 N–H and O–H groups in total. The standard InChI is InChI=1S/C10H16N2OS/c13-9-3-1-2-8(4-9)12-6-10-5-11-7-14-10/h5,7-9,12-13H,1-4,6H2/t8-,9+/m0/s1. The first-order chi connectivity index (χ1) is 6.84. The second-order valence-electron chi connectivity index (χ2n) is 3.87. The Hall–Kier alpha value is -0.450. The molecule has 2 atom stereocenters. The fraction of sp³-hybridized carbons (Fsp3) is 0.700. The van der Waals surface area contributed by atoms with E-state index in [1.54, 1.807) is 11.3 Å². The molecule has 78 valence electrons. The monoisotopic (exact) mass is 212 g/mol. The number of hydrogen-bond donors (Lipinski definition) is 2. The molecule has 14 heavy (non-hydrogen) atoms. The minimum absolute atomic E-state index is 0.0947. The van der Waals surface area contributed by atoms with E-state index < -0.39 is 0 Å². The third kappa shape index (κ3) is 2.77. The van der Waals surface area contributed by atoms with Gasteiger partial charge >= 0.3 is 0 Å². The molecule has 0 spiro atoms. The zero-order valence-electron chi connectivity index (χ0n) is 8.15. The SMILES string of the molecule is O[C@@H]1CCC[C@H](NCc2cncs2)C1. The second-order valence-corrected chi connectivity index (χ2v) is 4.84. The smallest absolute Gasteiger partial charge is 0.0794 e. The average molecular weight is 212 g/mol. The lowest BCUT2D eigenvalue weighted by molar-refractivity contribution is 0.111. The van der Waals surface area contributed by atoms with Gasteiger partial charge in [-0.25, -0.2) is 0 Å². The molecule has 4 heteroatoms. The van der Waals surface area contributed by atoms with E-state index in [2.05, 4.69) is 10.3 Å². The summed E-state index contributed by atoms with van der Waals surface area (Å²) >= 11 is 1.68. The normalized spacial score (nSPS) is 27.8. The van der Waals surface area contributed by atoms with Gasteiger partial charge < -0.3 is 10.4 Å². The second kappa shape index (κ2) is 4.87. The van der Waals surface area contributed by atoms with Crippen molar-refractivity contribution in [3.8, 4) is 0 Å². The third-order valence-corrected chi connectivity index (χ3v) is 3.47. The first kappa shape index (κ1) is 10.1. The van der Waals surface area contributed by atoms with Crippen LogP contribution in [0.1, 0.15) is 30.6 Å². The van der Waals surface area contributed by atoms with Gasteiger partial charge in [0.15, 0.2) is 0 Å². The maximum atomic E-state index is 9.49. The van der Waals surface area contributed by atoms with Crippen LogP contribution in [0.3, 0.4) is 0 Å². The summed E-state index contributed by atoms with van der Waals surface area (Å²) in [6.45, 7) is 0.891. The van der Waals surface area contributed by atoms with Crippen LogP contribution in [0, 0.1) is 0 Å². The van der Waals surface area contributed by atoms with Crippen LogP contribution >= 0.6 is 11.3 Å². The molecule has 0 saturated heterocycles. The highest BCUT2D eigenvalue weighted by molar-refractivity contribution is 7.09. The van der Waals surface area contributed by atoms with Gasteiger partial charge in [0.1, 0.15) is 0 Å². The Balaban J connectivity index is 1.75. The Morgan fingerprint density at radius 3 is 3.21 bits per heavy atom. The van der Waals surface area contributed by atoms with Crippen molar-refractivity contribution in [2.24, 2.45) is 0 Å². The first-order valence-electron chi connectivity index (χ1n) is 5.13. The van der Waals surface area contributed by atoms with Gasteiger partial charge in [0.05, 0.1) is 11.6 Å². The van der Waals surface area contributed by atoms with Crippen LogP contribution in [0.2, 0.25) is 0 Å². The van der Waals surface area contributed by atoms with Gasteiger partial charge in [-0.1, -0.05) is 0 Å². The van der Waals surface area contributed by atoms with Crippen LogP contribution < -0.4 is 5.32 Å². The van der Waals surface area contributed by atoms with Gasteiger partial charge in [-0.3, -0.25) is 4.98 Å². The Morgan fingerprint density at radius 1 is 1.57 bits per heavy atom. The summed E-state index contributed by atoms with van der Waals surface area (Å²) in [5.41, 5.74) is 1.85. The number of aliphatic hydroxyl groups is 1. The Bertz CT molecular complexity index is 263. The predicted molar refractivity (Wildman–Crippen MR) is 57.2 cm³/mol. The largest absolute Gasteiger partial charge is 0.393 e. The summed E-state index contributed by atoms with van der Waals surface area (Å²) in [6, 6.07) is 0.487. The van der Waals surface area contributed by atoms with E-state index in [9.17, 15) is 5.11 Å². The molecule has 0 aromatic carbocycles. The van der Waals surface area contributed by atoms with E-state index in [4.69, 9.17) is 0 Å². The highest BCUT2D eigenvalue weighted by Gasteiger charge is 2.19. The van der Waals surface area contributed by atoms with Crippen molar-refractivity contribution in [2.75, 3.05) is 0 Å². The maximum Gasteiger partial charge on any atom is 0.0794 e. The fourth-order valence-corrected chi connectivity index (χ4v) is 2.47. The summed E-state index contributed by atoms with van der Waals surface area (Å²) in [5, 5.41) is 13.0. The van der Waals surface area contributed by atoms with Crippen molar-refractivity contribution in [3.63, 3.8) is 0 Å². The molecule has 0 bridgehead atoms. The minimum Gasteiger partial charge on any atom is -0.393 e. The molecule has 2 rings (SSSR count). The van der Waals surface area contributed by atoms with E-state index >= 15 is 0 Å². The van der Waals surface area contributed by atoms with E-state index in [0.29, 0.717) is 6.04 Å². The van der Waals surface area contributed by atoms with Crippen LogP contribution in [0.4, 0.5) is 0 Å². The molecule has 0 unspecified atom stereocenters. The summed E-state index contributed by atoms with van der Waals surface area (Å²) in [7, 11) is 0. The molecule has 3 nitrogen and oxygen atoms in total. The molecule has 1 fully saturated rings. The molecule has 1 saturated carbocycles. The zero-order valence-corrected chi connectivity index (χ0v) is 8.96. The van der Waals surface area contributed by atoms with E-state index in [1.807, 2.05) is 11.7 Å². The van der Waals surface area contributed by atoms with Crippen LogP contribution in [0.25, 0.3) is 0 Å². The van der Waals surface area contributed by atoms with E-state index in [0.717, 1.165) is 25.8 Å². The molecule has 0 aliphatic heterocycles. The summed E-state index contributed by atoms with van der Waals surface area (Å²) < 4.78 is 0. The van der Waals surface area contributed by atoms with Crippen molar-refractivity contribution in [1.29, 1.82) is 0 Å². The Kier molecular flexibility index (Phi) is 3.50. The Morgan fingerprint density at radius 2 is 2.50 bits per heavy atom. The van der Waals surface area contributed by atoms with Gasteiger partial charge in [-0.15, -0.1) is 11.3 Å². The van der Waals surface area contributed by atoms with Crippen molar-refractivity contribution in [1.82, 2.24) is 10.3 Å². The van der Waals surface area contributed by atoms with Gasteiger partial charge in [0.2, 0.25) is 0 Å². The first-order valence-corrected chi connectivity index (χ1v) is 6.01. The van der Waals surface area contributed by atoms with Gasteiger partial charge in [0.25, 0.3) is 0 Å². The highest BCUT2D eigenvalue weighted by atomic mass is 32.1. The molecule has 0 amide bonds. The summed E-state index contributed by atoms with van der Waals surface area (Å²) in [5.74, 6) is 0. The lowest BCUT2D eigenvalue weighted by atomic mass is 9.93. The summed E-state index contributed by atoms with van der Waals surface area (Å²) in [4.78, 5) is 5.30. The molecule has 1 aromatic heterocycles. The molecule has 1 aromatic rings. The lowest BCUT2D eigenvalue weighted by Crippen LogP contribution is -2.35. The average Bonchev–Trinajstić information content (AvgIpc) is 2.67. The van der Waals surface area contributed by atoms with E-state index in [1.165, 1.54) is 11.3 Å². The predicted octanol–water partition coefficient (Wildman–Crippen LogP) is 1.54. The molecule has 1 aliphatic carbocycles.